The Bertz CT molecular complexity index is 580. The summed E-state index contributed by atoms with van der Waals surface area (Å²) < 4.78 is 29.6. The van der Waals surface area contributed by atoms with Gasteiger partial charge in [0.25, 0.3) is 0 Å². The van der Waals surface area contributed by atoms with Crippen LogP contribution in [0.4, 0.5) is 0 Å². The highest BCUT2D eigenvalue weighted by atomic mass is 31.2. The van der Waals surface area contributed by atoms with E-state index in [1.54, 1.807) is 48.5 Å². The molecule has 0 radical (unpaired) electrons. The van der Waals surface area contributed by atoms with Gasteiger partial charge in [-0.3, -0.25) is 4.52 Å². The Hall–Kier alpha value is -1.55. The van der Waals surface area contributed by atoms with Gasteiger partial charge in [-0.1, -0.05) is 56.0 Å². The number of hydrogen-bond donors (Lipinski definition) is 0. The molecule has 0 aliphatic heterocycles. The van der Waals surface area contributed by atoms with Crippen LogP contribution >= 0.6 is 7.82 Å². The van der Waals surface area contributed by atoms with E-state index in [0.717, 1.165) is 0 Å². The average molecular weight is 336 g/mol. The van der Waals surface area contributed by atoms with Crippen LogP contribution in [-0.2, 0) is 9.09 Å². The molecule has 6 heteroatoms. The fourth-order valence-electron chi connectivity index (χ4n) is 1.56. The number of rotatable bonds is 7. The predicted molar refractivity (Wildman–Crippen MR) is 91.0 cm³/mol. The highest BCUT2D eigenvalue weighted by Crippen LogP contribution is 2.49. The maximum absolute atomic E-state index is 13.0. The summed E-state index contributed by atoms with van der Waals surface area (Å²) >= 11 is 0. The molecule has 22 heavy (non-hydrogen) atoms. The molecule has 0 N–H and O–H groups in total. The third kappa shape index (κ3) is 5.68. The Labute approximate surface area is 132 Å². The maximum atomic E-state index is 13.0. The first-order valence-electron chi connectivity index (χ1n) is 7.10. The third-order valence-corrected chi connectivity index (χ3v) is 5.14. The molecular weight excluding hydrogens is 315 g/mol. The number of phosphoric ester groups is 1. The second-order valence-corrected chi connectivity index (χ2v) is 13.0. The van der Waals surface area contributed by atoms with Crippen molar-refractivity contribution >= 4 is 15.9 Å². The number of benzene rings is 2. The summed E-state index contributed by atoms with van der Waals surface area (Å²) in [4.78, 5) is 0. The van der Waals surface area contributed by atoms with Crippen molar-refractivity contribution in [2.75, 3.05) is 6.23 Å². The van der Waals surface area contributed by atoms with Crippen molar-refractivity contribution in [1.82, 2.24) is 0 Å². The highest BCUT2D eigenvalue weighted by molar-refractivity contribution is 7.49. The molecule has 0 spiro atoms. The molecule has 0 aliphatic rings. The average Bonchev–Trinajstić information content (AvgIpc) is 2.47. The molecular formula is C16H21O4PSi. The lowest BCUT2D eigenvalue weighted by molar-refractivity contribution is 0.235. The van der Waals surface area contributed by atoms with Gasteiger partial charge in [-0.25, -0.2) is 4.57 Å². The van der Waals surface area contributed by atoms with E-state index in [0.29, 0.717) is 17.7 Å². The molecule has 0 saturated carbocycles. The van der Waals surface area contributed by atoms with Gasteiger partial charge in [-0.2, -0.15) is 0 Å². The van der Waals surface area contributed by atoms with Crippen LogP contribution in [0.15, 0.2) is 60.7 Å². The fraction of sp³-hybridized carbons (Fsp3) is 0.250. The SMILES string of the molecule is C[Si](C)(C)COP(=O)(Oc1ccccc1)Oc1ccccc1. The summed E-state index contributed by atoms with van der Waals surface area (Å²) in [5.74, 6) is 0.912. The number of hydrogen-bond acceptors (Lipinski definition) is 4. The Kier molecular flexibility index (Phi) is 5.45. The zero-order valence-corrected chi connectivity index (χ0v) is 15.0. The van der Waals surface area contributed by atoms with Crippen LogP contribution in [0, 0.1) is 0 Å². The molecule has 0 aliphatic carbocycles. The van der Waals surface area contributed by atoms with E-state index in [-0.39, 0.29) is 0 Å². The van der Waals surface area contributed by atoms with Gasteiger partial charge in [0, 0.05) is 0 Å². The second-order valence-electron chi connectivity index (χ2n) is 6.09. The third-order valence-electron chi connectivity index (χ3n) is 2.58. The smallest absolute Gasteiger partial charge is 0.395 e. The van der Waals surface area contributed by atoms with Crippen LogP contribution in [-0.4, -0.2) is 14.3 Å². The van der Waals surface area contributed by atoms with Gasteiger partial charge < -0.3 is 9.05 Å². The van der Waals surface area contributed by atoms with Gasteiger partial charge in [0.15, 0.2) is 0 Å². The molecule has 118 valence electrons. The summed E-state index contributed by atoms with van der Waals surface area (Å²) in [6.45, 7) is 6.38. The Morgan fingerprint density at radius 2 is 1.23 bits per heavy atom. The fourth-order valence-corrected chi connectivity index (χ4v) is 4.65. The van der Waals surface area contributed by atoms with Crippen LogP contribution in [0.1, 0.15) is 0 Å². The number of para-hydroxylation sites is 2. The lowest BCUT2D eigenvalue weighted by atomic mass is 10.3. The first-order chi connectivity index (χ1) is 10.4. The summed E-state index contributed by atoms with van der Waals surface area (Å²) in [6.07, 6.45) is 0.393. The lowest BCUT2D eigenvalue weighted by Gasteiger charge is -2.22. The van der Waals surface area contributed by atoms with E-state index in [9.17, 15) is 4.57 Å². The monoisotopic (exact) mass is 336 g/mol. The van der Waals surface area contributed by atoms with Crippen LogP contribution < -0.4 is 9.05 Å². The van der Waals surface area contributed by atoms with Crippen molar-refractivity contribution in [2.24, 2.45) is 0 Å². The Morgan fingerprint density at radius 3 is 1.59 bits per heavy atom. The minimum absolute atomic E-state index is 0.393. The number of phosphoric acid groups is 1. The maximum Gasteiger partial charge on any atom is 0.587 e. The largest absolute Gasteiger partial charge is 0.587 e. The minimum atomic E-state index is -3.72. The van der Waals surface area contributed by atoms with Gasteiger partial charge in [0.05, 0.1) is 14.3 Å². The van der Waals surface area contributed by atoms with Crippen molar-refractivity contribution in [1.29, 1.82) is 0 Å². The van der Waals surface area contributed by atoms with Crippen LogP contribution in [0.2, 0.25) is 19.6 Å². The molecule has 0 aromatic heterocycles. The van der Waals surface area contributed by atoms with Crippen LogP contribution in [0.5, 0.6) is 11.5 Å². The molecule has 0 saturated heterocycles. The molecule has 0 heterocycles. The van der Waals surface area contributed by atoms with Crippen LogP contribution in [0.3, 0.4) is 0 Å². The topological polar surface area (TPSA) is 44.8 Å². The van der Waals surface area contributed by atoms with Crippen LogP contribution in [0.25, 0.3) is 0 Å². The van der Waals surface area contributed by atoms with Gasteiger partial charge in [-0.05, 0) is 24.3 Å². The van der Waals surface area contributed by atoms with Crippen molar-refractivity contribution in [3.8, 4) is 11.5 Å². The van der Waals surface area contributed by atoms with Gasteiger partial charge in [0.1, 0.15) is 11.5 Å². The molecule has 0 unspecified atom stereocenters. The molecule has 2 aromatic rings. The minimum Gasteiger partial charge on any atom is -0.395 e. The summed E-state index contributed by atoms with van der Waals surface area (Å²) in [5, 5.41) is 0. The normalized spacial score (nSPS) is 12.0. The van der Waals surface area contributed by atoms with Gasteiger partial charge >= 0.3 is 7.82 Å². The summed E-state index contributed by atoms with van der Waals surface area (Å²) in [6, 6.07) is 17.8. The van der Waals surface area contributed by atoms with E-state index in [1.807, 2.05) is 12.1 Å². The summed E-state index contributed by atoms with van der Waals surface area (Å²) in [5.41, 5.74) is 0. The second kappa shape index (κ2) is 7.14. The molecule has 0 fully saturated rings. The van der Waals surface area contributed by atoms with E-state index < -0.39 is 15.9 Å². The highest BCUT2D eigenvalue weighted by Gasteiger charge is 2.33. The van der Waals surface area contributed by atoms with Gasteiger partial charge in [0.2, 0.25) is 0 Å². The van der Waals surface area contributed by atoms with E-state index in [1.165, 1.54) is 0 Å². The molecule has 2 aromatic carbocycles. The van der Waals surface area contributed by atoms with Crippen molar-refractivity contribution in [3.05, 3.63) is 60.7 Å². The van der Waals surface area contributed by atoms with E-state index in [4.69, 9.17) is 13.6 Å². The van der Waals surface area contributed by atoms with Crippen molar-refractivity contribution in [3.63, 3.8) is 0 Å². The molecule has 0 atom stereocenters. The standard InChI is InChI=1S/C16H21O4PSi/c1-22(2,3)14-18-21(17,19-15-10-6-4-7-11-15)20-16-12-8-5-9-13-16/h4-13H,14H2,1-3H3. The van der Waals surface area contributed by atoms with Crippen molar-refractivity contribution < 1.29 is 18.1 Å². The zero-order valence-electron chi connectivity index (χ0n) is 13.1. The summed E-state index contributed by atoms with van der Waals surface area (Å²) in [7, 11) is -5.28. The molecule has 0 amide bonds. The molecule has 2 rings (SSSR count). The Balaban J connectivity index is 2.17. The lowest BCUT2D eigenvalue weighted by Crippen LogP contribution is -2.28. The van der Waals surface area contributed by atoms with Crippen molar-refractivity contribution in [2.45, 2.75) is 19.6 Å². The molecule has 4 nitrogen and oxygen atoms in total. The van der Waals surface area contributed by atoms with E-state index >= 15 is 0 Å². The first kappa shape index (κ1) is 16.8. The molecule has 0 bridgehead atoms. The quantitative estimate of drug-likeness (QED) is 0.518. The Morgan fingerprint density at radius 1 is 0.818 bits per heavy atom. The predicted octanol–water partition coefficient (Wildman–Crippen LogP) is 5.15. The zero-order chi connectivity index (χ0) is 16.1. The first-order valence-corrected chi connectivity index (χ1v) is 12.3. The van der Waals surface area contributed by atoms with Gasteiger partial charge in [-0.15, -0.1) is 0 Å². The van der Waals surface area contributed by atoms with E-state index in [2.05, 4.69) is 19.6 Å².